The summed E-state index contributed by atoms with van der Waals surface area (Å²) in [5, 5.41) is 5.20. The van der Waals surface area contributed by atoms with E-state index in [4.69, 9.17) is 4.74 Å². The van der Waals surface area contributed by atoms with Crippen LogP contribution in [-0.2, 0) is 16.0 Å². The molecule has 0 N–H and O–H groups in total. The molecule has 1 aliphatic carbocycles. The fraction of sp³-hybridized carbons (Fsp3) is 0.625. The molecule has 0 radical (unpaired) electrons. The van der Waals surface area contributed by atoms with Gasteiger partial charge in [0.15, 0.2) is 0 Å². The van der Waals surface area contributed by atoms with Crippen LogP contribution in [0.25, 0.3) is 4.96 Å². The Morgan fingerprint density at radius 2 is 2.38 bits per heavy atom. The number of esters is 1. The van der Waals surface area contributed by atoms with Crippen LogP contribution in [0.4, 0.5) is 5.13 Å². The maximum Gasteiger partial charge on any atom is 0.313 e. The third-order valence-corrected chi connectivity index (χ3v) is 6.35. The van der Waals surface area contributed by atoms with E-state index in [9.17, 15) is 9.59 Å². The van der Waals surface area contributed by atoms with Crippen LogP contribution in [0.1, 0.15) is 31.9 Å². The molecule has 4 rings (SSSR count). The number of carbonyl (C=O) groups excluding carboxylic acids is 1. The minimum atomic E-state index is -0.417. The van der Waals surface area contributed by atoms with Gasteiger partial charge in [-0.15, -0.1) is 5.10 Å². The number of aromatic nitrogens is 3. The van der Waals surface area contributed by atoms with Gasteiger partial charge in [-0.1, -0.05) is 24.7 Å². The molecule has 2 atom stereocenters. The largest absolute Gasteiger partial charge is 0.469 e. The smallest absolute Gasteiger partial charge is 0.313 e. The maximum atomic E-state index is 12.4. The molecule has 8 heteroatoms. The van der Waals surface area contributed by atoms with Crippen LogP contribution in [0.15, 0.2) is 10.9 Å². The Hall–Kier alpha value is -1.96. The molecule has 0 aromatic carbocycles. The lowest BCUT2D eigenvalue weighted by Gasteiger charge is -2.25. The first-order chi connectivity index (χ1) is 11.6. The van der Waals surface area contributed by atoms with Gasteiger partial charge in [0.25, 0.3) is 5.56 Å². The standard InChI is InChI=1S/C16H20N4O3S/c1-3-11-7-12(21)20-14(17-11)24-15(18-20)19-8-10-5-4-6-16(10,9-19)13(22)23-2/h7,10H,3-6,8-9H2,1-2H3. The number of methoxy groups -OCH3 is 1. The van der Waals surface area contributed by atoms with E-state index < -0.39 is 5.41 Å². The number of nitrogens with zero attached hydrogens (tertiary/aromatic N) is 4. The van der Waals surface area contributed by atoms with E-state index in [-0.39, 0.29) is 11.5 Å². The Labute approximate surface area is 143 Å². The van der Waals surface area contributed by atoms with Gasteiger partial charge >= 0.3 is 5.97 Å². The molecule has 2 aromatic rings. The number of hydrogen-bond acceptors (Lipinski definition) is 7. The van der Waals surface area contributed by atoms with Gasteiger partial charge in [-0.3, -0.25) is 9.59 Å². The number of hydrogen-bond donors (Lipinski definition) is 0. The van der Waals surface area contributed by atoms with Gasteiger partial charge in [-0.25, -0.2) is 4.98 Å². The summed E-state index contributed by atoms with van der Waals surface area (Å²) in [5.41, 5.74) is 0.209. The SMILES string of the molecule is CCc1cc(=O)n2nc(N3CC4CCCC4(C(=O)OC)C3)sc2n1. The van der Waals surface area contributed by atoms with Crippen LogP contribution < -0.4 is 10.5 Å². The number of fused-ring (bicyclic) bond motifs is 2. The first kappa shape index (κ1) is 15.6. The van der Waals surface area contributed by atoms with Crippen molar-refractivity contribution in [2.45, 2.75) is 32.6 Å². The molecule has 3 heterocycles. The van der Waals surface area contributed by atoms with Gasteiger partial charge in [0.05, 0.1) is 12.5 Å². The lowest BCUT2D eigenvalue weighted by Crippen LogP contribution is -2.36. The molecule has 7 nitrogen and oxygen atoms in total. The Bertz CT molecular complexity index is 861. The van der Waals surface area contributed by atoms with Gasteiger partial charge in [-0.2, -0.15) is 4.52 Å². The summed E-state index contributed by atoms with van der Waals surface area (Å²) >= 11 is 1.41. The molecule has 0 spiro atoms. The number of ether oxygens (including phenoxy) is 1. The average Bonchev–Trinajstić information content (AvgIpc) is 3.25. The highest BCUT2D eigenvalue weighted by atomic mass is 32.1. The van der Waals surface area contributed by atoms with Crippen molar-refractivity contribution >= 4 is 27.4 Å². The molecule has 2 unspecified atom stereocenters. The van der Waals surface area contributed by atoms with E-state index >= 15 is 0 Å². The minimum Gasteiger partial charge on any atom is -0.469 e. The molecule has 2 aliphatic rings. The third kappa shape index (κ3) is 2.16. The predicted molar refractivity (Wildman–Crippen MR) is 90.5 cm³/mol. The molecule has 2 fully saturated rings. The second-order valence-electron chi connectivity index (χ2n) is 6.64. The van der Waals surface area contributed by atoms with Crippen LogP contribution in [0.5, 0.6) is 0 Å². The number of rotatable bonds is 3. The van der Waals surface area contributed by atoms with Gasteiger partial charge in [0.1, 0.15) is 0 Å². The Balaban J connectivity index is 1.70. The van der Waals surface area contributed by atoms with Crippen LogP contribution in [0.2, 0.25) is 0 Å². The van der Waals surface area contributed by atoms with Gasteiger partial charge in [0.2, 0.25) is 10.1 Å². The summed E-state index contributed by atoms with van der Waals surface area (Å²) in [6.07, 6.45) is 3.68. The second kappa shape index (κ2) is 5.54. The van der Waals surface area contributed by atoms with E-state index in [1.165, 1.54) is 29.0 Å². The molecule has 1 aliphatic heterocycles. The monoisotopic (exact) mass is 348 g/mol. The quantitative estimate of drug-likeness (QED) is 0.782. The molecule has 1 saturated carbocycles. The molecular weight excluding hydrogens is 328 g/mol. The van der Waals surface area contributed by atoms with E-state index in [1.54, 1.807) is 0 Å². The van der Waals surface area contributed by atoms with Crippen LogP contribution in [0.3, 0.4) is 0 Å². The Kier molecular flexibility index (Phi) is 3.59. The summed E-state index contributed by atoms with van der Waals surface area (Å²) < 4.78 is 6.44. The van der Waals surface area contributed by atoms with Crippen molar-refractivity contribution in [1.29, 1.82) is 0 Å². The van der Waals surface area contributed by atoms with Crippen LogP contribution in [0, 0.1) is 11.3 Å². The average molecular weight is 348 g/mol. The summed E-state index contributed by atoms with van der Waals surface area (Å²) in [6, 6.07) is 1.53. The second-order valence-corrected chi connectivity index (χ2v) is 7.57. The molecule has 2 aromatic heterocycles. The number of carbonyl (C=O) groups is 1. The normalized spacial score (nSPS) is 26.1. The van der Waals surface area contributed by atoms with Crippen molar-refractivity contribution in [2.75, 3.05) is 25.1 Å². The highest BCUT2D eigenvalue weighted by molar-refractivity contribution is 7.20. The van der Waals surface area contributed by atoms with Gasteiger partial charge in [-0.05, 0) is 25.2 Å². The molecule has 1 saturated heterocycles. The lowest BCUT2D eigenvalue weighted by molar-refractivity contribution is -0.152. The van der Waals surface area contributed by atoms with Crippen molar-refractivity contribution in [2.24, 2.45) is 11.3 Å². The van der Waals surface area contributed by atoms with Gasteiger partial charge in [0, 0.05) is 24.8 Å². The van der Waals surface area contributed by atoms with Gasteiger partial charge < -0.3 is 9.64 Å². The Morgan fingerprint density at radius 3 is 3.12 bits per heavy atom. The zero-order chi connectivity index (χ0) is 16.9. The number of aryl methyl sites for hydroxylation is 1. The first-order valence-corrected chi connectivity index (χ1v) is 9.12. The summed E-state index contributed by atoms with van der Waals surface area (Å²) in [6.45, 7) is 3.37. The van der Waals surface area contributed by atoms with E-state index in [0.29, 0.717) is 17.4 Å². The van der Waals surface area contributed by atoms with E-state index in [0.717, 1.165) is 43.1 Å². The van der Waals surface area contributed by atoms with Crippen molar-refractivity contribution in [3.8, 4) is 0 Å². The van der Waals surface area contributed by atoms with Crippen molar-refractivity contribution in [3.63, 3.8) is 0 Å². The highest BCUT2D eigenvalue weighted by Crippen LogP contribution is 2.50. The molecule has 0 bridgehead atoms. The minimum absolute atomic E-state index is 0.114. The van der Waals surface area contributed by atoms with Crippen molar-refractivity contribution in [3.05, 3.63) is 22.1 Å². The third-order valence-electron chi connectivity index (χ3n) is 5.38. The number of anilines is 1. The van der Waals surface area contributed by atoms with Crippen molar-refractivity contribution < 1.29 is 9.53 Å². The summed E-state index contributed by atoms with van der Waals surface area (Å²) in [5.74, 6) is 0.185. The molecule has 24 heavy (non-hydrogen) atoms. The summed E-state index contributed by atoms with van der Waals surface area (Å²) in [7, 11) is 1.46. The van der Waals surface area contributed by atoms with Crippen molar-refractivity contribution in [1.82, 2.24) is 14.6 Å². The van der Waals surface area contributed by atoms with Crippen LogP contribution >= 0.6 is 11.3 Å². The molecule has 0 amide bonds. The predicted octanol–water partition coefficient (Wildman–Crippen LogP) is 1.49. The van der Waals surface area contributed by atoms with E-state index in [1.807, 2.05) is 6.92 Å². The maximum absolute atomic E-state index is 12.4. The zero-order valence-electron chi connectivity index (χ0n) is 13.8. The Morgan fingerprint density at radius 1 is 1.54 bits per heavy atom. The zero-order valence-corrected chi connectivity index (χ0v) is 14.6. The van der Waals surface area contributed by atoms with E-state index in [2.05, 4.69) is 15.0 Å². The molecular formula is C16H20N4O3S. The first-order valence-electron chi connectivity index (χ1n) is 8.30. The highest BCUT2D eigenvalue weighted by Gasteiger charge is 2.56. The fourth-order valence-electron chi connectivity index (χ4n) is 4.13. The van der Waals surface area contributed by atoms with Crippen LogP contribution in [-0.4, -0.2) is 40.8 Å². The summed E-state index contributed by atoms with van der Waals surface area (Å²) in [4.78, 5) is 31.8. The molecule has 128 valence electrons. The fourth-order valence-corrected chi connectivity index (χ4v) is 5.06. The lowest BCUT2D eigenvalue weighted by atomic mass is 9.81. The topological polar surface area (TPSA) is 76.8 Å².